The number of amides is 2. The molecular weight excluding hydrogens is 318 g/mol. The number of likely N-dealkylation sites (tertiary alicyclic amines) is 1. The number of nitrogens with zero attached hydrogens (tertiary/aromatic N) is 4. The Hall–Kier alpha value is -2.41. The SMILES string of the molecule is CO[C@@H]1CN(C(=O)N[C@@H](C)c2ccc(-n3ccnn3)cc2)CC[C@H]1C. The van der Waals surface area contributed by atoms with Crippen molar-refractivity contribution in [1.82, 2.24) is 25.2 Å². The summed E-state index contributed by atoms with van der Waals surface area (Å²) in [6.45, 7) is 5.57. The van der Waals surface area contributed by atoms with Gasteiger partial charge in [0.25, 0.3) is 0 Å². The highest BCUT2D eigenvalue weighted by Gasteiger charge is 2.29. The second-order valence-electron chi connectivity index (χ2n) is 6.60. The Kier molecular flexibility index (Phi) is 5.33. The monoisotopic (exact) mass is 343 g/mol. The van der Waals surface area contributed by atoms with Crippen LogP contribution < -0.4 is 5.32 Å². The molecule has 1 aliphatic rings. The van der Waals surface area contributed by atoms with Crippen molar-refractivity contribution in [3.05, 3.63) is 42.2 Å². The van der Waals surface area contributed by atoms with E-state index in [-0.39, 0.29) is 18.2 Å². The van der Waals surface area contributed by atoms with Crippen molar-refractivity contribution in [2.75, 3.05) is 20.2 Å². The topological polar surface area (TPSA) is 72.3 Å². The van der Waals surface area contributed by atoms with E-state index >= 15 is 0 Å². The van der Waals surface area contributed by atoms with Gasteiger partial charge in [0.1, 0.15) is 0 Å². The van der Waals surface area contributed by atoms with E-state index in [9.17, 15) is 4.79 Å². The summed E-state index contributed by atoms with van der Waals surface area (Å²) in [4.78, 5) is 14.4. The summed E-state index contributed by atoms with van der Waals surface area (Å²) in [6.07, 6.45) is 4.51. The van der Waals surface area contributed by atoms with E-state index in [2.05, 4.69) is 22.6 Å². The molecule has 0 saturated carbocycles. The van der Waals surface area contributed by atoms with Crippen LogP contribution in [-0.2, 0) is 4.74 Å². The Morgan fingerprint density at radius 2 is 2.12 bits per heavy atom. The van der Waals surface area contributed by atoms with Crippen molar-refractivity contribution >= 4 is 6.03 Å². The molecule has 1 aromatic heterocycles. The average molecular weight is 343 g/mol. The quantitative estimate of drug-likeness (QED) is 0.925. The minimum absolute atomic E-state index is 0.0400. The van der Waals surface area contributed by atoms with Gasteiger partial charge >= 0.3 is 6.03 Å². The lowest BCUT2D eigenvalue weighted by Crippen LogP contribution is -2.50. The summed E-state index contributed by atoms with van der Waals surface area (Å²) in [5.41, 5.74) is 1.98. The summed E-state index contributed by atoms with van der Waals surface area (Å²) in [7, 11) is 1.71. The van der Waals surface area contributed by atoms with E-state index in [1.807, 2.05) is 36.1 Å². The number of hydrogen-bond donors (Lipinski definition) is 1. The molecule has 1 saturated heterocycles. The van der Waals surface area contributed by atoms with Gasteiger partial charge in [-0.15, -0.1) is 5.10 Å². The summed E-state index contributed by atoms with van der Waals surface area (Å²) < 4.78 is 7.19. The summed E-state index contributed by atoms with van der Waals surface area (Å²) in [5.74, 6) is 0.482. The first-order valence-corrected chi connectivity index (χ1v) is 8.63. The number of carbonyl (C=O) groups is 1. The van der Waals surface area contributed by atoms with Crippen molar-refractivity contribution in [2.45, 2.75) is 32.4 Å². The number of hydrogen-bond acceptors (Lipinski definition) is 4. The largest absolute Gasteiger partial charge is 0.379 e. The third-order valence-electron chi connectivity index (χ3n) is 4.90. The Morgan fingerprint density at radius 1 is 1.36 bits per heavy atom. The summed E-state index contributed by atoms with van der Waals surface area (Å²) >= 11 is 0. The number of ether oxygens (including phenoxy) is 1. The first-order chi connectivity index (χ1) is 12.1. The van der Waals surface area contributed by atoms with Crippen molar-refractivity contribution < 1.29 is 9.53 Å². The molecule has 3 rings (SSSR count). The van der Waals surface area contributed by atoms with Gasteiger partial charge in [0.05, 0.1) is 30.2 Å². The van der Waals surface area contributed by atoms with Crippen LogP contribution in [0.2, 0.25) is 0 Å². The molecule has 0 aliphatic carbocycles. The van der Waals surface area contributed by atoms with E-state index in [4.69, 9.17) is 4.74 Å². The van der Waals surface area contributed by atoms with Crippen LogP contribution in [0.3, 0.4) is 0 Å². The highest BCUT2D eigenvalue weighted by atomic mass is 16.5. The highest BCUT2D eigenvalue weighted by molar-refractivity contribution is 5.74. The summed E-state index contributed by atoms with van der Waals surface area (Å²) in [6, 6.07) is 7.82. The lowest BCUT2D eigenvalue weighted by molar-refractivity contribution is 0.00689. The Labute approximate surface area is 148 Å². The van der Waals surface area contributed by atoms with Crippen LogP contribution in [-0.4, -0.2) is 52.2 Å². The molecule has 0 radical (unpaired) electrons. The lowest BCUT2D eigenvalue weighted by Gasteiger charge is -2.36. The molecule has 2 amide bonds. The number of aromatic nitrogens is 3. The van der Waals surface area contributed by atoms with Crippen LogP contribution in [0.25, 0.3) is 5.69 Å². The van der Waals surface area contributed by atoms with Crippen molar-refractivity contribution in [3.8, 4) is 5.69 Å². The van der Waals surface area contributed by atoms with Crippen LogP contribution in [0.4, 0.5) is 4.79 Å². The number of rotatable bonds is 4. The maximum absolute atomic E-state index is 12.5. The molecule has 1 fully saturated rings. The zero-order valence-corrected chi connectivity index (χ0v) is 14.9. The van der Waals surface area contributed by atoms with Gasteiger partial charge in [-0.1, -0.05) is 24.3 Å². The zero-order chi connectivity index (χ0) is 17.8. The molecule has 7 heteroatoms. The minimum atomic E-state index is -0.0716. The van der Waals surface area contributed by atoms with E-state index in [0.29, 0.717) is 12.5 Å². The number of piperidine rings is 1. The predicted octanol–water partition coefficient (Wildman–Crippen LogP) is 2.39. The van der Waals surface area contributed by atoms with Gasteiger partial charge in [-0.25, -0.2) is 9.48 Å². The van der Waals surface area contributed by atoms with Gasteiger partial charge in [-0.2, -0.15) is 0 Å². The zero-order valence-electron chi connectivity index (χ0n) is 14.9. The first-order valence-electron chi connectivity index (χ1n) is 8.63. The van der Waals surface area contributed by atoms with Crippen molar-refractivity contribution in [3.63, 3.8) is 0 Å². The second kappa shape index (κ2) is 7.65. The van der Waals surface area contributed by atoms with E-state index in [1.165, 1.54) is 0 Å². The van der Waals surface area contributed by atoms with Gasteiger partial charge in [0, 0.05) is 20.2 Å². The standard InChI is InChI=1S/C18H25N5O2/c1-13-8-10-22(12-17(13)25-3)18(24)20-14(2)15-4-6-16(7-5-15)23-11-9-19-21-23/h4-7,9,11,13-14,17H,8,10,12H2,1-3H3,(H,20,24)/t13-,14+,17-/m1/s1. The van der Waals surface area contributed by atoms with Crippen LogP contribution in [0.15, 0.2) is 36.7 Å². The smallest absolute Gasteiger partial charge is 0.317 e. The highest BCUT2D eigenvalue weighted by Crippen LogP contribution is 2.21. The molecule has 2 aromatic rings. The second-order valence-corrected chi connectivity index (χ2v) is 6.60. The Morgan fingerprint density at radius 3 is 2.76 bits per heavy atom. The summed E-state index contributed by atoms with van der Waals surface area (Å²) in [5, 5.41) is 10.9. The van der Waals surface area contributed by atoms with Crippen LogP contribution in [0.1, 0.15) is 31.9 Å². The fourth-order valence-electron chi connectivity index (χ4n) is 3.15. The third-order valence-corrected chi connectivity index (χ3v) is 4.90. The predicted molar refractivity (Wildman–Crippen MR) is 94.5 cm³/mol. The first kappa shape index (κ1) is 17.4. The van der Waals surface area contributed by atoms with Crippen LogP contribution in [0, 0.1) is 5.92 Å². The molecule has 3 atom stereocenters. The van der Waals surface area contributed by atoms with Crippen LogP contribution >= 0.6 is 0 Å². The van der Waals surface area contributed by atoms with Gasteiger partial charge in [0.2, 0.25) is 0 Å². The molecule has 0 spiro atoms. The van der Waals surface area contributed by atoms with Gasteiger partial charge < -0.3 is 15.0 Å². The molecule has 2 heterocycles. The average Bonchev–Trinajstić information content (AvgIpc) is 3.16. The molecule has 7 nitrogen and oxygen atoms in total. The lowest BCUT2D eigenvalue weighted by atomic mass is 9.96. The Balaban J connectivity index is 1.60. The van der Waals surface area contributed by atoms with Crippen molar-refractivity contribution in [2.24, 2.45) is 5.92 Å². The van der Waals surface area contributed by atoms with E-state index in [1.54, 1.807) is 24.2 Å². The fraction of sp³-hybridized carbons (Fsp3) is 0.500. The number of nitrogens with one attached hydrogen (secondary N) is 1. The molecule has 1 aliphatic heterocycles. The fourth-order valence-corrected chi connectivity index (χ4v) is 3.15. The molecule has 134 valence electrons. The van der Waals surface area contributed by atoms with Gasteiger partial charge in [0.15, 0.2) is 0 Å². The minimum Gasteiger partial charge on any atom is -0.379 e. The Bertz CT molecular complexity index is 686. The molecular formula is C18H25N5O2. The molecule has 0 unspecified atom stereocenters. The number of carbonyl (C=O) groups excluding carboxylic acids is 1. The van der Waals surface area contributed by atoms with Gasteiger partial charge in [-0.05, 0) is 37.0 Å². The normalized spacial score (nSPS) is 21.8. The maximum Gasteiger partial charge on any atom is 0.317 e. The molecule has 0 bridgehead atoms. The molecule has 1 N–H and O–H groups in total. The van der Waals surface area contributed by atoms with Gasteiger partial charge in [-0.3, -0.25) is 0 Å². The van der Waals surface area contributed by atoms with E-state index < -0.39 is 0 Å². The maximum atomic E-state index is 12.5. The number of benzene rings is 1. The molecule has 1 aromatic carbocycles. The number of urea groups is 1. The van der Waals surface area contributed by atoms with Crippen LogP contribution in [0.5, 0.6) is 0 Å². The molecule has 25 heavy (non-hydrogen) atoms. The number of methoxy groups -OCH3 is 1. The van der Waals surface area contributed by atoms with Crippen molar-refractivity contribution in [1.29, 1.82) is 0 Å². The van der Waals surface area contributed by atoms with E-state index in [0.717, 1.165) is 24.2 Å². The third kappa shape index (κ3) is 3.99.